The maximum Gasteiger partial charge on any atom is 0.404 e. The fourth-order valence-corrected chi connectivity index (χ4v) is 3.06. The standard InChI is InChI=1S/C18H14N2O4S/c21-16-15(25-18(24)20-16)9-11-4-6-13(7-5-11)14-3-1-2-12(8-14)10-19-17(22)23/h1-9,19H,10H2,(H,22,23)(H,20,21,24)/b15-9+. The third-order valence-electron chi connectivity index (χ3n) is 3.55. The van der Waals surface area contributed by atoms with Gasteiger partial charge in [-0.05, 0) is 46.2 Å². The lowest BCUT2D eigenvalue weighted by molar-refractivity contribution is -0.115. The van der Waals surface area contributed by atoms with Crippen molar-refractivity contribution < 1.29 is 19.5 Å². The van der Waals surface area contributed by atoms with Crippen molar-refractivity contribution in [3.8, 4) is 11.1 Å². The van der Waals surface area contributed by atoms with Crippen LogP contribution in [0.1, 0.15) is 11.1 Å². The van der Waals surface area contributed by atoms with Crippen molar-refractivity contribution in [1.82, 2.24) is 10.6 Å². The molecule has 0 saturated carbocycles. The predicted molar refractivity (Wildman–Crippen MR) is 95.8 cm³/mol. The molecule has 1 fully saturated rings. The van der Waals surface area contributed by atoms with E-state index in [-0.39, 0.29) is 17.7 Å². The van der Waals surface area contributed by atoms with Gasteiger partial charge in [-0.25, -0.2) is 4.79 Å². The third kappa shape index (κ3) is 4.27. The van der Waals surface area contributed by atoms with Crippen molar-refractivity contribution in [2.75, 3.05) is 0 Å². The Hall–Kier alpha value is -3.06. The van der Waals surface area contributed by atoms with Crippen LogP contribution in [0.15, 0.2) is 53.4 Å². The van der Waals surface area contributed by atoms with Gasteiger partial charge >= 0.3 is 6.09 Å². The second-order valence-electron chi connectivity index (χ2n) is 5.33. The van der Waals surface area contributed by atoms with Gasteiger partial charge in [-0.3, -0.25) is 14.9 Å². The number of carbonyl (C=O) groups excluding carboxylic acids is 2. The first-order valence-electron chi connectivity index (χ1n) is 7.42. The van der Waals surface area contributed by atoms with Crippen molar-refractivity contribution in [2.45, 2.75) is 6.54 Å². The summed E-state index contributed by atoms with van der Waals surface area (Å²) < 4.78 is 0. The Bertz CT molecular complexity index is 875. The first kappa shape index (κ1) is 16.8. The molecule has 1 aliphatic heterocycles. The molecule has 2 aromatic rings. The molecule has 7 heteroatoms. The van der Waals surface area contributed by atoms with Crippen molar-refractivity contribution in [1.29, 1.82) is 0 Å². The van der Waals surface area contributed by atoms with Gasteiger partial charge in [0.2, 0.25) is 0 Å². The smallest absolute Gasteiger partial charge is 0.404 e. The number of nitrogens with one attached hydrogen (secondary N) is 2. The highest BCUT2D eigenvalue weighted by atomic mass is 32.2. The molecule has 1 saturated heterocycles. The fraction of sp³-hybridized carbons (Fsp3) is 0.0556. The summed E-state index contributed by atoms with van der Waals surface area (Å²) in [5.41, 5.74) is 3.62. The third-order valence-corrected chi connectivity index (χ3v) is 4.37. The van der Waals surface area contributed by atoms with Gasteiger partial charge in [0, 0.05) is 6.54 Å². The fourth-order valence-electron chi connectivity index (χ4n) is 2.38. The number of amides is 3. The number of imide groups is 1. The molecule has 3 rings (SSSR count). The number of hydrogen-bond donors (Lipinski definition) is 3. The van der Waals surface area contributed by atoms with Crippen LogP contribution in [0.25, 0.3) is 17.2 Å². The number of hydrogen-bond acceptors (Lipinski definition) is 4. The Morgan fingerprint density at radius 3 is 2.52 bits per heavy atom. The van der Waals surface area contributed by atoms with Crippen molar-refractivity contribution in [2.24, 2.45) is 0 Å². The van der Waals surface area contributed by atoms with Gasteiger partial charge in [-0.2, -0.15) is 0 Å². The maximum absolute atomic E-state index is 11.6. The van der Waals surface area contributed by atoms with E-state index in [1.165, 1.54) is 0 Å². The average Bonchev–Trinajstić information content (AvgIpc) is 2.91. The van der Waals surface area contributed by atoms with E-state index in [2.05, 4.69) is 10.6 Å². The van der Waals surface area contributed by atoms with Crippen LogP contribution >= 0.6 is 11.8 Å². The van der Waals surface area contributed by atoms with E-state index >= 15 is 0 Å². The molecule has 0 aromatic heterocycles. The normalized spacial score (nSPS) is 15.3. The molecule has 0 aliphatic carbocycles. The van der Waals surface area contributed by atoms with Gasteiger partial charge in [-0.15, -0.1) is 0 Å². The Labute approximate surface area is 147 Å². The summed E-state index contributed by atoms with van der Waals surface area (Å²) in [4.78, 5) is 33.7. The molecular weight excluding hydrogens is 340 g/mol. The van der Waals surface area contributed by atoms with Gasteiger partial charge < -0.3 is 10.4 Å². The quantitative estimate of drug-likeness (QED) is 0.731. The van der Waals surface area contributed by atoms with Crippen molar-refractivity contribution in [3.05, 3.63) is 64.6 Å². The zero-order chi connectivity index (χ0) is 17.8. The zero-order valence-electron chi connectivity index (χ0n) is 13.0. The molecule has 0 unspecified atom stereocenters. The molecule has 0 radical (unpaired) electrons. The van der Waals surface area contributed by atoms with Crippen molar-refractivity contribution in [3.63, 3.8) is 0 Å². The number of thioether (sulfide) groups is 1. The first-order chi connectivity index (χ1) is 12.0. The van der Waals surface area contributed by atoms with Gasteiger partial charge in [0.25, 0.3) is 11.1 Å². The van der Waals surface area contributed by atoms with E-state index < -0.39 is 6.09 Å². The van der Waals surface area contributed by atoms with E-state index in [0.29, 0.717) is 4.91 Å². The highest BCUT2D eigenvalue weighted by molar-refractivity contribution is 8.18. The van der Waals surface area contributed by atoms with Gasteiger partial charge in [0.15, 0.2) is 0 Å². The van der Waals surface area contributed by atoms with E-state index in [0.717, 1.165) is 34.0 Å². The van der Waals surface area contributed by atoms with Crippen LogP contribution in [0.2, 0.25) is 0 Å². The minimum absolute atomic E-state index is 0.244. The van der Waals surface area contributed by atoms with Crippen LogP contribution < -0.4 is 10.6 Å². The molecule has 6 nitrogen and oxygen atoms in total. The summed E-state index contributed by atoms with van der Waals surface area (Å²) in [6.45, 7) is 0.244. The Balaban J connectivity index is 1.77. The number of carboxylic acid groups (broad SMARTS) is 1. The lowest BCUT2D eigenvalue weighted by Gasteiger charge is -2.06. The van der Waals surface area contributed by atoms with E-state index in [9.17, 15) is 14.4 Å². The molecular formula is C18H14N2O4S. The lowest BCUT2D eigenvalue weighted by Crippen LogP contribution is -2.19. The number of carbonyl (C=O) groups is 3. The highest BCUT2D eigenvalue weighted by Gasteiger charge is 2.24. The summed E-state index contributed by atoms with van der Waals surface area (Å²) in [5, 5.41) is 12.9. The number of benzene rings is 2. The molecule has 2 aromatic carbocycles. The zero-order valence-corrected chi connectivity index (χ0v) is 13.8. The molecule has 3 amide bonds. The molecule has 0 bridgehead atoms. The van der Waals surface area contributed by atoms with E-state index in [1.54, 1.807) is 6.08 Å². The SMILES string of the molecule is O=C(O)NCc1cccc(-c2ccc(/C=C3/SC(=O)NC3=O)cc2)c1. The minimum Gasteiger partial charge on any atom is -0.465 e. The van der Waals surface area contributed by atoms with Crippen LogP contribution in [-0.4, -0.2) is 22.3 Å². The summed E-state index contributed by atoms with van der Waals surface area (Å²) in [7, 11) is 0. The molecule has 1 heterocycles. The van der Waals surface area contributed by atoms with Crippen LogP contribution in [0, 0.1) is 0 Å². The van der Waals surface area contributed by atoms with E-state index in [1.807, 2.05) is 48.5 Å². The molecule has 1 aliphatic rings. The topological polar surface area (TPSA) is 95.5 Å². The molecule has 0 atom stereocenters. The van der Waals surface area contributed by atoms with Crippen molar-refractivity contribution >= 4 is 35.1 Å². The summed E-state index contributed by atoms with van der Waals surface area (Å²) in [6.07, 6.45) is 0.608. The first-order valence-corrected chi connectivity index (χ1v) is 8.24. The van der Waals surface area contributed by atoms with Gasteiger partial charge in [-0.1, -0.05) is 42.5 Å². The Morgan fingerprint density at radius 2 is 1.88 bits per heavy atom. The lowest BCUT2D eigenvalue weighted by atomic mass is 10.0. The molecule has 25 heavy (non-hydrogen) atoms. The molecule has 0 spiro atoms. The summed E-state index contributed by atoms with van der Waals surface area (Å²) in [6, 6.07) is 15.1. The maximum atomic E-state index is 11.6. The van der Waals surface area contributed by atoms with Gasteiger partial charge in [0.05, 0.1) is 4.91 Å². The highest BCUT2D eigenvalue weighted by Crippen LogP contribution is 2.27. The van der Waals surface area contributed by atoms with Crippen LogP contribution in [-0.2, 0) is 11.3 Å². The Morgan fingerprint density at radius 1 is 1.12 bits per heavy atom. The van der Waals surface area contributed by atoms with E-state index in [4.69, 9.17) is 5.11 Å². The second kappa shape index (κ2) is 7.23. The van der Waals surface area contributed by atoms with Crippen LogP contribution in [0.3, 0.4) is 0 Å². The number of rotatable bonds is 4. The largest absolute Gasteiger partial charge is 0.465 e. The van der Waals surface area contributed by atoms with Gasteiger partial charge in [0.1, 0.15) is 0 Å². The minimum atomic E-state index is -1.06. The molecule has 126 valence electrons. The monoisotopic (exact) mass is 354 g/mol. The average molecular weight is 354 g/mol. The Kier molecular flexibility index (Phi) is 4.85. The summed E-state index contributed by atoms with van der Waals surface area (Å²) >= 11 is 0.885. The van der Waals surface area contributed by atoms with Crippen LogP contribution in [0.4, 0.5) is 9.59 Å². The predicted octanol–water partition coefficient (Wildman–Crippen LogP) is 3.45. The second-order valence-corrected chi connectivity index (χ2v) is 6.35. The molecule has 3 N–H and O–H groups in total. The summed E-state index contributed by atoms with van der Waals surface area (Å²) in [5.74, 6) is -0.377. The van der Waals surface area contributed by atoms with Crippen LogP contribution in [0.5, 0.6) is 0 Å².